The van der Waals surface area contributed by atoms with Gasteiger partial charge in [0.25, 0.3) is 0 Å². The third-order valence-electron chi connectivity index (χ3n) is 5.78. The van der Waals surface area contributed by atoms with E-state index in [2.05, 4.69) is 15.0 Å². The number of nitrogens with two attached hydrogens (primary N) is 1. The van der Waals surface area contributed by atoms with E-state index < -0.39 is 5.60 Å². The van der Waals surface area contributed by atoms with Gasteiger partial charge >= 0.3 is 0 Å². The Balaban J connectivity index is 1.40. The summed E-state index contributed by atoms with van der Waals surface area (Å²) >= 11 is 0. The van der Waals surface area contributed by atoms with Gasteiger partial charge in [-0.1, -0.05) is 12.1 Å². The van der Waals surface area contributed by atoms with E-state index in [1.165, 1.54) is 6.33 Å². The number of hydrogen-bond acceptors (Lipinski definition) is 7. The van der Waals surface area contributed by atoms with Crippen LogP contribution >= 0.6 is 0 Å². The number of fused-ring (bicyclic) bond motifs is 2. The lowest BCUT2D eigenvalue weighted by atomic mass is 10.1. The average molecular weight is 367 g/mol. The molecule has 0 saturated heterocycles. The van der Waals surface area contributed by atoms with Crippen molar-refractivity contribution in [2.75, 3.05) is 12.8 Å². The van der Waals surface area contributed by atoms with Crippen molar-refractivity contribution < 1.29 is 14.6 Å². The fourth-order valence-electron chi connectivity index (χ4n) is 4.27. The second kappa shape index (κ2) is 5.90. The summed E-state index contributed by atoms with van der Waals surface area (Å²) in [6.07, 6.45) is 4.44. The lowest BCUT2D eigenvalue weighted by Crippen LogP contribution is -2.25. The first-order valence-electron chi connectivity index (χ1n) is 8.99. The number of hydrogen-bond donors (Lipinski definition) is 2. The molecule has 8 nitrogen and oxygen atoms in total. The van der Waals surface area contributed by atoms with Gasteiger partial charge in [-0.3, -0.25) is 0 Å². The van der Waals surface area contributed by atoms with Crippen LogP contribution in [-0.4, -0.2) is 43.4 Å². The second-order valence-corrected chi connectivity index (χ2v) is 7.39. The molecule has 5 rings (SSSR count). The summed E-state index contributed by atoms with van der Waals surface area (Å²) in [5, 5.41) is 10.7. The lowest BCUT2D eigenvalue weighted by Gasteiger charge is -2.24. The highest BCUT2D eigenvalue weighted by Gasteiger charge is 2.66. The SMILES string of the molecule is COc1ccc(COC2C[C@]3(O)C[C@@H]3[C@H]2n2cnc3c(N)ncnc32)cc1. The first-order chi connectivity index (χ1) is 13.1. The Morgan fingerprint density at radius 1 is 1.22 bits per heavy atom. The van der Waals surface area contributed by atoms with Crippen LogP contribution in [0.15, 0.2) is 36.9 Å². The number of aromatic nitrogens is 4. The minimum Gasteiger partial charge on any atom is -0.497 e. The van der Waals surface area contributed by atoms with Gasteiger partial charge in [0.15, 0.2) is 11.5 Å². The maximum Gasteiger partial charge on any atom is 0.165 e. The molecule has 3 aromatic rings. The zero-order valence-electron chi connectivity index (χ0n) is 14.9. The quantitative estimate of drug-likeness (QED) is 0.706. The van der Waals surface area contributed by atoms with Gasteiger partial charge in [0, 0.05) is 12.3 Å². The van der Waals surface area contributed by atoms with Crippen molar-refractivity contribution in [3.05, 3.63) is 42.5 Å². The minimum absolute atomic E-state index is 0.0208. The molecule has 1 aromatic carbocycles. The van der Waals surface area contributed by atoms with Crippen LogP contribution < -0.4 is 10.5 Å². The molecule has 4 atom stereocenters. The van der Waals surface area contributed by atoms with E-state index in [1.807, 2.05) is 28.8 Å². The molecule has 2 saturated carbocycles. The number of nitrogen functional groups attached to an aromatic ring is 1. The fourth-order valence-corrected chi connectivity index (χ4v) is 4.27. The van der Waals surface area contributed by atoms with Crippen molar-refractivity contribution in [1.29, 1.82) is 0 Å². The number of methoxy groups -OCH3 is 1. The summed E-state index contributed by atoms with van der Waals surface area (Å²) in [6, 6.07) is 7.78. The molecule has 0 spiro atoms. The second-order valence-electron chi connectivity index (χ2n) is 7.39. The summed E-state index contributed by atoms with van der Waals surface area (Å²) in [6.45, 7) is 0.470. The number of anilines is 1. The third-order valence-corrected chi connectivity index (χ3v) is 5.78. The molecular weight excluding hydrogens is 346 g/mol. The predicted octanol–water partition coefficient (Wildman–Crippen LogP) is 1.70. The maximum absolute atomic E-state index is 10.7. The minimum atomic E-state index is -0.648. The first kappa shape index (κ1) is 16.5. The molecule has 2 heterocycles. The zero-order chi connectivity index (χ0) is 18.6. The number of aliphatic hydroxyl groups is 1. The molecule has 2 aromatic heterocycles. The largest absolute Gasteiger partial charge is 0.497 e. The van der Waals surface area contributed by atoms with Gasteiger partial charge in [-0.05, 0) is 24.1 Å². The van der Waals surface area contributed by atoms with Crippen molar-refractivity contribution in [1.82, 2.24) is 19.5 Å². The smallest absolute Gasteiger partial charge is 0.165 e. The van der Waals surface area contributed by atoms with Gasteiger partial charge < -0.3 is 24.9 Å². The number of rotatable bonds is 5. The highest BCUT2D eigenvalue weighted by Crippen LogP contribution is 2.61. The number of ether oxygens (including phenoxy) is 2. The normalized spacial score (nSPS) is 29.0. The van der Waals surface area contributed by atoms with Gasteiger partial charge in [0.1, 0.15) is 17.6 Å². The Kier molecular flexibility index (Phi) is 3.60. The number of imidazole rings is 1. The molecule has 27 heavy (non-hydrogen) atoms. The first-order valence-corrected chi connectivity index (χ1v) is 8.99. The van der Waals surface area contributed by atoms with Crippen LogP contribution in [0.5, 0.6) is 5.75 Å². The number of benzene rings is 1. The summed E-state index contributed by atoms with van der Waals surface area (Å²) < 4.78 is 13.4. The standard InChI is InChI=1S/C19H21N5O3/c1-26-12-4-2-11(3-5-12)8-27-14-7-19(25)6-13(19)16(14)24-10-23-15-17(20)21-9-22-18(15)24/h2-5,9-10,13-14,16,25H,6-8H2,1H3,(H2,20,21,22)/t13-,14?,16-,19-/m1/s1. The fraction of sp³-hybridized carbons (Fsp3) is 0.421. The highest BCUT2D eigenvalue weighted by atomic mass is 16.5. The molecule has 0 amide bonds. The Bertz CT molecular complexity index is 989. The van der Waals surface area contributed by atoms with E-state index in [-0.39, 0.29) is 18.1 Å². The molecule has 8 heteroatoms. The van der Waals surface area contributed by atoms with Crippen LogP contribution in [0.25, 0.3) is 11.2 Å². The third kappa shape index (κ3) is 2.64. The van der Waals surface area contributed by atoms with Crippen LogP contribution in [-0.2, 0) is 11.3 Å². The molecule has 2 fully saturated rings. The van der Waals surface area contributed by atoms with Gasteiger partial charge in [0.2, 0.25) is 0 Å². The summed E-state index contributed by atoms with van der Waals surface area (Å²) in [7, 11) is 1.65. The lowest BCUT2D eigenvalue weighted by molar-refractivity contribution is -0.00134. The predicted molar refractivity (Wildman–Crippen MR) is 98.0 cm³/mol. The summed E-state index contributed by atoms with van der Waals surface area (Å²) in [5.41, 5.74) is 7.59. The molecular formula is C19H21N5O3. The molecule has 0 aliphatic heterocycles. The van der Waals surface area contributed by atoms with Crippen LogP contribution in [0.2, 0.25) is 0 Å². The van der Waals surface area contributed by atoms with E-state index in [4.69, 9.17) is 15.2 Å². The Labute approximate surface area is 156 Å². The van der Waals surface area contributed by atoms with Crippen molar-refractivity contribution >= 4 is 17.0 Å². The zero-order valence-corrected chi connectivity index (χ0v) is 14.9. The van der Waals surface area contributed by atoms with Crippen LogP contribution in [0.4, 0.5) is 5.82 Å². The molecule has 140 valence electrons. The molecule has 2 aliphatic carbocycles. The highest BCUT2D eigenvalue weighted by molar-refractivity contribution is 5.81. The van der Waals surface area contributed by atoms with Crippen molar-refractivity contribution in [3.63, 3.8) is 0 Å². The van der Waals surface area contributed by atoms with Gasteiger partial charge in [-0.15, -0.1) is 0 Å². The summed E-state index contributed by atoms with van der Waals surface area (Å²) in [5.74, 6) is 1.32. The monoisotopic (exact) mass is 367 g/mol. The van der Waals surface area contributed by atoms with Crippen molar-refractivity contribution in [2.24, 2.45) is 5.92 Å². The Hall–Kier alpha value is -2.71. The van der Waals surface area contributed by atoms with Crippen molar-refractivity contribution in [2.45, 2.75) is 37.2 Å². The van der Waals surface area contributed by atoms with Crippen LogP contribution in [0, 0.1) is 5.92 Å². The van der Waals surface area contributed by atoms with E-state index in [9.17, 15) is 5.11 Å². The molecule has 3 N–H and O–H groups in total. The molecule has 1 unspecified atom stereocenters. The van der Waals surface area contributed by atoms with Gasteiger partial charge in [-0.2, -0.15) is 0 Å². The molecule has 0 bridgehead atoms. The average Bonchev–Trinajstić information content (AvgIpc) is 3.01. The molecule has 0 radical (unpaired) electrons. The van der Waals surface area contributed by atoms with Crippen LogP contribution in [0.3, 0.4) is 0 Å². The van der Waals surface area contributed by atoms with Crippen LogP contribution in [0.1, 0.15) is 24.4 Å². The van der Waals surface area contributed by atoms with E-state index in [0.717, 1.165) is 17.7 Å². The maximum atomic E-state index is 10.7. The summed E-state index contributed by atoms with van der Waals surface area (Å²) in [4.78, 5) is 12.7. The molecule has 2 aliphatic rings. The van der Waals surface area contributed by atoms with E-state index in [0.29, 0.717) is 30.0 Å². The Morgan fingerprint density at radius 3 is 2.81 bits per heavy atom. The number of nitrogens with zero attached hydrogens (tertiary/aromatic N) is 4. The van der Waals surface area contributed by atoms with E-state index in [1.54, 1.807) is 13.4 Å². The topological polar surface area (TPSA) is 108 Å². The van der Waals surface area contributed by atoms with E-state index >= 15 is 0 Å². The van der Waals surface area contributed by atoms with Gasteiger partial charge in [0.05, 0.1) is 37.8 Å². The Morgan fingerprint density at radius 2 is 2.04 bits per heavy atom. The van der Waals surface area contributed by atoms with Gasteiger partial charge in [-0.25, -0.2) is 15.0 Å². The van der Waals surface area contributed by atoms with Crippen molar-refractivity contribution in [3.8, 4) is 5.75 Å².